The van der Waals surface area contributed by atoms with Crippen LogP contribution in [-0.2, 0) is 17.8 Å². The SMILES string of the molecule is CC1CCCCC1OCc1ccc(CCNC2CC2)cc1. The molecule has 1 aromatic carbocycles. The van der Waals surface area contributed by atoms with Gasteiger partial charge in [0, 0.05) is 6.04 Å². The molecule has 0 aromatic heterocycles. The van der Waals surface area contributed by atoms with Crippen molar-refractivity contribution in [2.45, 2.75) is 70.6 Å². The number of ether oxygens (including phenoxy) is 1. The van der Waals surface area contributed by atoms with Gasteiger partial charge in [-0.3, -0.25) is 0 Å². The lowest BCUT2D eigenvalue weighted by molar-refractivity contribution is -0.0154. The van der Waals surface area contributed by atoms with E-state index >= 15 is 0 Å². The Hall–Kier alpha value is -0.860. The second-order valence-electron chi connectivity index (χ2n) is 6.91. The van der Waals surface area contributed by atoms with Crippen molar-refractivity contribution in [1.82, 2.24) is 5.32 Å². The Kier molecular flexibility index (Phi) is 5.32. The van der Waals surface area contributed by atoms with E-state index in [1.54, 1.807) is 0 Å². The molecule has 0 saturated heterocycles. The van der Waals surface area contributed by atoms with Crippen LogP contribution < -0.4 is 5.32 Å². The van der Waals surface area contributed by atoms with E-state index in [2.05, 4.69) is 36.5 Å². The van der Waals surface area contributed by atoms with Crippen molar-refractivity contribution in [2.24, 2.45) is 5.92 Å². The Morgan fingerprint density at radius 3 is 2.43 bits per heavy atom. The first-order valence-corrected chi connectivity index (χ1v) is 8.74. The van der Waals surface area contributed by atoms with E-state index in [-0.39, 0.29) is 0 Å². The lowest BCUT2D eigenvalue weighted by Crippen LogP contribution is -2.25. The molecule has 1 N–H and O–H groups in total. The standard InChI is InChI=1S/C19H29NO/c1-15-4-2-3-5-19(15)21-14-17-8-6-16(7-9-17)12-13-20-18-10-11-18/h6-9,15,18-20H,2-5,10-14H2,1H3. The predicted octanol–water partition coefficient (Wildman–Crippen LogP) is 4.08. The molecular weight excluding hydrogens is 258 g/mol. The van der Waals surface area contributed by atoms with Gasteiger partial charge in [0.2, 0.25) is 0 Å². The summed E-state index contributed by atoms with van der Waals surface area (Å²) in [4.78, 5) is 0. The topological polar surface area (TPSA) is 21.3 Å². The van der Waals surface area contributed by atoms with Crippen LogP contribution in [0.15, 0.2) is 24.3 Å². The molecule has 0 radical (unpaired) electrons. The monoisotopic (exact) mass is 287 g/mol. The van der Waals surface area contributed by atoms with E-state index in [4.69, 9.17) is 4.74 Å². The van der Waals surface area contributed by atoms with Crippen LogP contribution in [0.1, 0.15) is 56.6 Å². The Balaban J connectivity index is 1.40. The fraction of sp³-hybridized carbons (Fsp3) is 0.684. The van der Waals surface area contributed by atoms with Gasteiger partial charge in [0.15, 0.2) is 0 Å². The molecule has 3 rings (SSSR count). The predicted molar refractivity (Wildman–Crippen MR) is 87.4 cm³/mol. The minimum absolute atomic E-state index is 0.473. The molecule has 0 spiro atoms. The van der Waals surface area contributed by atoms with Crippen molar-refractivity contribution in [3.8, 4) is 0 Å². The van der Waals surface area contributed by atoms with Crippen LogP contribution in [0.3, 0.4) is 0 Å². The number of hydrogen-bond donors (Lipinski definition) is 1. The average Bonchev–Trinajstić information content (AvgIpc) is 3.32. The molecule has 0 aliphatic heterocycles. The number of nitrogens with one attached hydrogen (secondary N) is 1. The summed E-state index contributed by atoms with van der Waals surface area (Å²) in [6, 6.07) is 9.81. The quantitative estimate of drug-likeness (QED) is 0.816. The van der Waals surface area contributed by atoms with Crippen LogP contribution in [0, 0.1) is 5.92 Å². The van der Waals surface area contributed by atoms with Gasteiger partial charge in [0.1, 0.15) is 0 Å². The summed E-state index contributed by atoms with van der Waals surface area (Å²) >= 11 is 0. The van der Waals surface area contributed by atoms with Gasteiger partial charge in [-0.25, -0.2) is 0 Å². The van der Waals surface area contributed by atoms with Crippen LogP contribution in [0.5, 0.6) is 0 Å². The molecule has 2 unspecified atom stereocenters. The van der Waals surface area contributed by atoms with E-state index in [1.807, 2.05) is 0 Å². The maximum absolute atomic E-state index is 6.13. The van der Waals surface area contributed by atoms with Crippen molar-refractivity contribution in [1.29, 1.82) is 0 Å². The van der Waals surface area contributed by atoms with Gasteiger partial charge < -0.3 is 10.1 Å². The summed E-state index contributed by atoms with van der Waals surface area (Å²) in [5.74, 6) is 0.728. The molecule has 2 aliphatic rings. The highest BCUT2D eigenvalue weighted by Gasteiger charge is 2.21. The fourth-order valence-corrected chi connectivity index (χ4v) is 3.24. The number of rotatable bonds is 7. The molecule has 2 nitrogen and oxygen atoms in total. The molecule has 2 atom stereocenters. The molecular formula is C19H29NO. The van der Waals surface area contributed by atoms with Gasteiger partial charge in [0.05, 0.1) is 12.7 Å². The maximum Gasteiger partial charge on any atom is 0.0720 e. The highest BCUT2D eigenvalue weighted by Crippen LogP contribution is 2.27. The molecule has 2 fully saturated rings. The first-order valence-electron chi connectivity index (χ1n) is 8.74. The van der Waals surface area contributed by atoms with Crippen LogP contribution in [0.4, 0.5) is 0 Å². The molecule has 2 saturated carbocycles. The van der Waals surface area contributed by atoms with Crippen molar-refractivity contribution in [2.75, 3.05) is 6.54 Å². The number of benzene rings is 1. The molecule has 116 valence electrons. The van der Waals surface area contributed by atoms with Crippen LogP contribution in [-0.4, -0.2) is 18.7 Å². The van der Waals surface area contributed by atoms with E-state index in [0.717, 1.165) is 31.5 Å². The third kappa shape index (κ3) is 4.82. The second-order valence-corrected chi connectivity index (χ2v) is 6.91. The van der Waals surface area contributed by atoms with Gasteiger partial charge in [-0.2, -0.15) is 0 Å². The maximum atomic E-state index is 6.13. The molecule has 1 aromatic rings. The molecule has 0 heterocycles. The second kappa shape index (κ2) is 7.42. The molecule has 2 heteroatoms. The summed E-state index contributed by atoms with van der Waals surface area (Å²) in [6.07, 6.45) is 9.64. The summed E-state index contributed by atoms with van der Waals surface area (Å²) in [6.45, 7) is 4.22. The lowest BCUT2D eigenvalue weighted by atomic mass is 9.88. The normalized spacial score (nSPS) is 26.0. The Morgan fingerprint density at radius 1 is 1.00 bits per heavy atom. The minimum atomic E-state index is 0.473. The highest BCUT2D eigenvalue weighted by molar-refractivity contribution is 5.22. The van der Waals surface area contributed by atoms with E-state index < -0.39 is 0 Å². The first-order chi connectivity index (χ1) is 10.3. The Morgan fingerprint density at radius 2 is 1.71 bits per heavy atom. The molecule has 0 amide bonds. The van der Waals surface area contributed by atoms with Crippen molar-refractivity contribution in [3.05, 3.63) is 35.4 Å². The van der Waals surface area contributed by atoms with Crippen LogP contribution >= 0.6 is 0 Å². The van der Waals surface area contributed by atoms with Crippen LogP contribution in [0.25, 0.3) is 0 Å². The zero-order valence-corrected chi connectivity index (χ0v) is 13.3. The van der Waals surface area contributed by atoms with E-state index in [0.29, 0.717) is 6.10 Å². The van der Waals surface area contributed by atoms with Gasteiger partial charge in [-0.05, 0) is 55.7 Å². The smallest absolute Gasteiger partial charge is 0.0720 e. The average molecular weight is 287 g/mol. The van der Waals surface area contributed by atoms with Crippen molar-refractivity contribution < 1.29 is 4.74 Å². The Labute approximate surface area is 129 Å². The van der Waals surface area contributed by atoms with E-state index in [1.165, 1.54) is 49.7 Å². The van der Waals surface area contributed by atoms with Gasteiger partial charge in [-0.1, -0.05) is 44.0 Å². The largest absolute Gasteiger partial charge is 0.373 e. The first kappa shape index (κ1) is 15.1. The summed E-state index contributed by atoms with van der Waals surface area (Å²) in [7, 11) is 0. The molecule has 0 bridgehead atoms. The lowest BCUT2D eigenvalue weighted by Gasteiger charge is -2.28. The van der Waals surface area contributed by atoms with Crippen molar-refractivity contribution in [3.63, 3.8) is 0 Å². The van der Waals surface area contributed by atoms with Crippen LogP contribution in [0.2, 0.25) is 0 Å². The van der Waals surface area contributed by atoms with Crippen molar-refractivity contribution >= 4 is 0 Å². The Bertz CT molecular complexity index is 424. The summed E-state index contributed by atoms with van der Waals surface area (Å²) in [5, 5.41) is 3.57. The summed E-state index contributed by atoms with van der Waals surface area (Å²) in [5.41, 5.74) is 2.74. The third-order valence-corrected chi connectivity index (χ3v) is 4.94. The molecule has 2 aliphatic carbocycles. The van der Waals surface area contributed by atoms with Gasteiger partial charge in [-0.15, -0.1) is 0 Å². The van der Waals surface area contributed by atoms with E-state index in [9.17, 15) is 0 Å². The zero-order valence-electron chi connectivity index (χ0n) is 13.3. The third-order valence-electron chi connectivity index (χ3n) is 4.94. The highest BCUT2D eigenvalue weighted by atomic mass is 16.5. The minimum Gasteiger partial charge on any atom is -0.373 e. The number of hydrogen-bond acceptors (Lipinski definition) is 2. The summed E-state index contributed by atoms with van der Waals surface area (Å²) < 4.78 is 6.13. The van der Waals surface area contributed by atoms with Gasteiger partial charge in [0.25, 0.3) is 0 Å². The van der Waals surface area contributed by atoms with Gasteiger partial charge >= 0.3 is 0 Å². The molecule has 21 heavy (non-hydrogen) atoms. The fourth-order valence-electron chi connectivity index (χ4n) is 3.24. The zero-order chi connectivity index (χ0) is 14.5.